The van der Waals surface area contributed by atoms with Crippen LogP contribution in [0.4, 0.5) is 11.4 Å². The zero-order valence-electron chi connectivity index (χ0n) is 11.2. The van der Waals surface area contributed by atoms with Gasteiger partial charge in [-0.05, 0) is 29.8 Å². The average Bonchev–Trinajstić information content (AvgIpc) is 2.83. The molecule has 2 aromatic carbocycles. The van der Waals surface area contributed by atoms with Gasteiger partial charge in [0.25, 0.3) is 0 Å². The van der Waals surface area contributed by atoms with E-state index in [2.05, 4.69) is 52.4 Å². The van der Waals surface area contributed by atoms with E-state index in [0.29, 0.717) is 0 Å². The van der Waals surface area contributed by atoms with Gasteiger partial charge in [-0.1, -0.05) is 30.3 Å². The normalized spacial score (nSPS) is 14.7. The van der Waals surface area contributed by atoms with E-state index in [4.69, 9.17) is 0 Å². The fraction of sp³-hybridized carbons (Fsp3) is 0.118. The summed E-state index contributed by atoms with van der Waals surface area (Å²) in [4.78, 5) is 6.52. The number of para-hydroxylation sites is 1. The van der Waals surface area contributed by atoms with Crippen LogP contribution in [0, 0.1) is 0 Å². The van der Waals surface area contributed by atoms with Gasteiger partial charge in [0.1, 0.15) is 0 Å². The second-order valence-corrected chi connectivity index (χ2v) is 4.86. The van der Waals surface area contributed by atoms with Crippen LogP contribution in [0.3, 0.4) is 0 Å². The number of benzene rings is 2. The van der Waals surface area contributed by atoms with Crippen LogP contribution >= 0.6 is 0 Å². The van der Waals surface area contributed by atoms with E-state index in [0.717, 1.165) is 5.69 Å². The maximum atomic E-state index is 4.42. The lowest BCUT2D eigenvalue weighted by molar-refractivity contribution is 1.13. The standard InChI is InChI=1S/C17H16N2/c1-19(2)15-9-7-13(8-10-15)11-14-12-18-17-6-4-3-5-16(14)17/h3-12H,1-2H3/b14-11-. The first-order valence-corrected chi connectivity index (χ1v) is 6.36. The maximum absolute atomic E-state index is 4.42. The van der Waals surface area contributed by atoms with Crippen LogP contribution in [0.1, 0.15) is 11.1 Å². The van der Waals surface area contributed by atoms with Crippen molar-refractivity contribution in [1.29, 1.82) is 0 Å². The summed E-state index contributed by atoms with van der Waals surface area (Å²) in [5, 5.41) is 0. The van der Waals surface area contributed by atoms with Crippen LogP contribution < -0.4 is 4.90 Å². The predicted molar refractivity (Wildman–Crippen MR) is 83.2 cm³/mol. The third-order valence-corrected chi connectivity index (χ3v) is 3.29. The Bertz CT molecular complexity index is 649. The Kier molecular flexibility index (Phi) is 2.92. The van der Waals surface area contributed by atoms with E-state index in [1.54, 1.807) is 0 Å². The zero-order chi connectivity index (χ0) is 13.2. The van der Waals surface area contributed by atoms with Crippen molar-refractivity contribution >= 4 is 29.2 Å². The number of allylic oxidation sites excluding steroid dienone is 1. The van der Waals surface area contributed by atoms with Crippen LogP contribution in [0.2, 0.25) is 0 Å². The van der Waals surface area contributed by atoms with Crippen molar-refractivity contribution in [1.82, 2.24) is 0 Å². The molecule has 0 amide bonds. The highest BCUT2D eigenvalue weighted by atomic mass is 15.1. The molecule has 0 aromatic heterocycles. The van der Waals surface area contributed by atoms with E-state index in [1.165, 1.54) is 22.4 Å². The van der Waals surface area contributed by atoms with E-state index < -0.39 is 0 Å². The molecule has 0 fully saturated rings. The van der Waals surface area contributed by atoms with Crippen molar-refractivity contribution < 1.29 is 0 Å². The van der Waals surface area contributed by atoms with Gasteiger partial charge in [0.15, 0.2) is 0 Å². The molecule has 0 saturated heterocycles. The van der Waals surface area contributed by atoms with Gasteiger partial charge in [-0.2, -0.15) is 0 Å². The largest absolute Gasteiger partial charge is 0.378 e. The first-order valence-electron chi connectivity index (χ1n) is 6.36. The van der Waals surface area contributed by atoms with E-state index in [9.17, 15) is 0 Å². The van der Waals surface area contributed by atoms with Crippen LogP contribution in [0.5, 0.6) is 0 Å². The molecule has 0 N–H and O–H groups in total. The van der Waals surface area contributed by atoms with Crippen LogP contribution in [-0.2, 0) is 0 Å². The molecular weight excluding hydrogens is 232 g/mol. The number of hydrogen-bond acceptors (Lipinski definition) is 2. The minimum atomic E-state index is 1.05. The lowest BCUT2D eigenvalue weighted by Crippen LogP contribution is -2.07. The first kappa shape index (κ1) is 11.7. The Morgan fingerprint density at radius 3 is 2.42 bits per heavy atom. The SMILES string of the molecule is CN(C)c1ccc(/C=C2/C=Nc3ccccc32)cc1. The summed E-state index contributed by atoms with van der Waals surface area (Å²) in [5.74, 6) is 0. The van der Waals surface area contributed by atoms with Gasteiger partial charge in [0.2, 0.25) is 0 Å². The van der Waals surface area contributed by atoms with Crippen molar-refractivity contribution in [3.63, 3.8) is 0 Å². The molecular formula is C17H16N2. The van der Waals surface area contributed by atoms with Crippen molar-refractivity contribution in [3.05, 3.63) is 59.7 Å². The highest BCUT2D eigenvalue weighted by molar-refractivity contribution is 6.21. The molecule has 0 atom stereocenters. The van der Waals surface area contributed by atoms with Crippen molar-refractivity contribution in [2.45, 2.75) is 0 Å². The zero-order valence-corrected chi connectivity index (χ0v) is 11.2. The molecule has 0 aliphatic carbocycles. The number of aliphatic imine (C=N–C) groups is 1. The van der Waals surface area contributed by atoms with Gasteiger partial charge in [0.05, 0.1) is 5.69 Å². The molecule has 0 unspecified atom stereocenters. The van der Waals surface area contributed by atoms with E-state index >= 15 is 0 Å². The number of anilines is 1. The van der Waals surface area contributed by atoms with Crippen molar-refractivity contribution in [2.75, 3.05) is 19.0 Å². The molecule has 19 heavy (non-hydrogen) atoms. The van der Waals surface area contributed by atoms with Gasteiger partial charge in [-0.25, -0.2) is 0 Å². The number of fused-ring (bicyclic) bond motifs is 1. The van der Waals surface area contributed by atoms with Gasteiger partial charge >= 0.3 is 0 Å². The Labute approximate surface area is 113 Å². The minimum Gasteiger partial charge on any atom is -0.378 e. The van der Waals surface area contributed by atoms with Crippen molar-refractivity contribution in [3.8, 4) is 0 Å². The van der Waals surface area contributed by atoms with Gasteiger partial charge in [-0.15, -0.1) is 0 Å². The monoisotopic (exact) mass is 248 g/mol. The number of rotatable bonds is 2. The summed E-state index contributed by atoms with van der Waals surface area (Å²) in [6, 6.07) is 16.8. The summed E-state index contributed by atoms with van der Waals surface area (Å²) in [5.41, 5.74) is 5.84. The summed E-state index contributed by atoms with van der Waals surface area (Å²) in [7, 11) is 4.10. The Morgan fingerprint density at radius 2 is 1.68 bits per heavy atom. The molecule has 1 heterocycles. The molecule has 94 valence electrons. The number of hydrogen-bond donors (Lipinski definition) is 0. The predicted octanol–water partition coefficient (Wildman–Crippen LogP) is 4.01. The molecule has 2 heteroatoms. The summed E-state index contributed by atoms with van der Waals surface area (Å²) in [6.07, 6.45) is 4.11. The third kappa shape index (κ3) is 2.29. The second-order valence-electron chi connectivity index (χ2n) is 4.86. The smallest absolute Gasteiger partial charge is 0.0708 e. The highest BCUT2D eigenvalue weighted by Crippen LogP contribution is 2.32. The third-order valence-electron chi connectivity index (χ3n) is 3.29. The summed E-state index contributed by atoms with van der Waals surface area (Å²) in [6.45, 7) is 0. The molecule has 2 nitrogen and oxygen atoms in total. The fourth-order valence-electron chi connectivity index (χ4n) is 2.20. The molecule has 3 rings (SSSR count). The van der Waals surface area contributed by atoms with Gasteiger partial charge < -0.3 is 4.90 Å². The van der Waals surface area contributed by atoms with Gasteiger partial charge in [0, 0.05) is 37.1 Å². The lowest BCUT2D eigenvalue weighted by Gasteiger charge is -2.11. The molecule has 2 aromatic rings. The van der Waals surface area contributed by atoms with E-state index in [-0.39, 0.29) is 0 Å². The second kappa shape index (κ2) is 4.73. The Morgan fingerprint density at radius 1 is 0.947 bits per heavy atom. The van der Waals surface area contributed by atoms with Crippen molar-refractivity contribution in [2.24, 2.45) is 4.99 Å². The van der Waals surface area contributed by atoms with Crippen LogP contribution in [0.15, 0.2) is 53.5 Å². The summed E-state index contributed by atoms with van der Waals surface area (Å²) >= 11 is 0. The van der Waals surface area contributed by atoms with Crippen LogP contribution in [0.25, 0.3) is 11.6 Å². The maximum Gasteiger partial charge on any atom is 0.0708 e. The topological polar surface area (TPSA) is 15.6 Å². The molecule has 0 spiro atoms. The fourth-order valence-corrected chi connectivity index (χ4v) is 2.20. The van der Waals surface area contributed by atoms with Gasteiger partial charge in [-0.3, -0.25) is 4.99 Å². The Balaban J connectivity index is 1.93. The molecule has 0 saturated carbocycles. The molecule has 0 bridgehead atoms. The minimum absolute atomic E-state index is 1.05. The lowest BCUT2D eigenvalue weighted by atomic mass is 10.0. The van der Waals surface area contributed by atoms with Crippen LogP contribution in [-0.4, -0.2) is 20.3 Å². The Hall–Kier alpha value is -2.35. The average molecular weight is 248 g/mol. The highest BCUT2D eigenvalue weighted by Gasteiger charge is 2.10. The molecule has 1 aliphatic rings. The molecule has 0 radical (unpaired) electrons. The first-order chi connectivity index (χ1) is 9.24. The number of nitrogens with zero attached hydrogens (tertiary/aromatic N) is 2. The summed E-state index contributed by atoms with van der Waals surface area (Å²) < 4.78 is 0. The molecule has 1 aliphatic heterocycles. The quantitative estimate of drug-likeness (QED) is 0.784. The van der Waals surface area contributed by atoms with E-state index in [1.807, 2.05) is 32.4 Å².